The third-order valence-corrected chi connectivity index (χ3v) is 4.16. The average molecular weight is 394 g/mol. The molecule has 0 bridgehead atoms. The molecule has 10 nitrogen and oxygen atoms in total. The van der Waals surface area contributed by atoms with Gasteiger partial charge in [-0.3, -0.25) is 4.79 Å². The summed E-state index contributed by atoms with van der Waals surface area (Å²) in [5.41, 5.74) is -0.636. The Morgan fingerprint density at radius 1 is 0.893 bits per heavy atom. The van der Waals surface area contributed by atoms with E-state index in [4.69, 9.17) is 9.47 Å². The zero-order valence-corrected chi connectivity index (χ0v) is 14.3. The van der Waals surface area contributed by atoms with E-state index in [1.54, 1.807) is 0 Å². The standard InChI is InChI=1S/C18H18O10/c19-8-1-7(2-9(20)3-8)15(24)14-11(22)4-10(21)5-13(14)28-18-17(26)16(25)12(23)6-27-18/h1-5,12,16-23,25-26H,6H2. The summed E-state index contributed by atoms with van der Waals surface area (Å²) in [7, 11) is 0. The highest BCUT2D eigenvalue weighted by molar-refractivity contribution is 6.13. The van der Waals surface area contributed by atoms with Crippen LogP contribution in [0.5, 0.6) is 28.7 Å². The van der Waals surface area contributed by atoms with Crippen molar-refractivity contribution in [1.29, 1.82) is 0 Å². The lowest BCUT2D eigenvalue weighted by molar-refractivity contribution is -0.242. The van der Waals surface area contributed by atoms with Crippen LogP contribution in [0.1, 0.15) is 15.9 Å². The van der Waals surface area contributed by atoms with Crippen LogP contribution in [0.25, 0.3) is 0 Å². The number of hydrogen-bond donors (Lipinski definition) is 7. The second kappa shape index (κ2) is 7.52. The van der Waals surface area contributed by atoms with Gasteiger partial charge in [0.25, 0.3) is 0 Å². The van der Waals surface area contributed by atoms with E-state index in [9.17, 15) is 40.5 Å². The Labute approximate surface area is 158 Å². The molecule has 150 valence electrons. The molecule has 0 amide bonds. The van der Waals surface area contributed by atoms with E-state index in [0.717, 1.165) is 30.3 Å². The summed E-state index contributed by atoms with van der Waals surface area (Å²) >= 11 is 0. The Morgan fingerprint density at radius 2 is 1.50 bits per heavy atom. The van der Waals surface area contributed by atoms with Crippen molar-refractivity contribution >= 4 is 5.78 Å². The molecule has 0 radical (unpaired) electrons. The molecule has 3 rings (SSSR count). The van der Waals surface area contributed by atoms with E-state index < -0.39 is 64.7 Å². The molecular weight excluding hydrogens is 376 g/mol. The number of phenolic OH excluding ortho intramolecular Hbond substituents is 4. The summed E-state index contributed by atoms with van der Waals surface area (Å²) in [4.78, 5) is 12.8. The van der Waals surface area contributed by atoms with E-state index >= 15 is 0 Å². The second-order valence-electron chi connectivity index (χ2n) is 6.27. The van der Waals surface area contributed by atoms with Crippen LogP contribution in [-0.2, 0) is 4.74 Å². The molecular formula is C18H18O10. The van der Waals surface area contributed by atoms with Gasteiger partial charge >= 0.3 is 0 Å². The summed E-state index contributed by atoms with van der Waals surface area (Å²) in [6.07, 6.45) is -6.11. The molecule has 4 atom stereocenters. The predicted molar refractivity (Wildman–Crippen MR) is 91.4 cm³/mol. The highest BCUT2D eigenvalue weighted by Crippen LogP contribution is 2.37. The Kier molecular flexibility index (Phi) is 5.29. The maximum atomic E-state index is 12.8. The average Bonchev–Trinajstić information content (AvgIpc) is 2.60. The monoisotopic (exact) mass is 394 g/mol. The van der Waals surface area contributed by atoms with E-state index in [-0.39, 0.29) is 12.2 Å². The Morgan fingerprint density at radius 3 is 2.14 bits per heavy atom. The molecule has 0 aromatic heterocycles. The number of ketones is 1. The highest BCUT2D eigenvalue weighted by Gasteiger charge is 2.39. The molecule has 2 aromatic carbocycles. The number of rotatable bonds is 4. The van der Waals surface area contributed by atoms with Crippen LogP contribution in [-0.4, -0.2) is 72.7 Å². The van der Waals surface area contributed by atoms with Crippen molar-refractivity contribution < 1.29 is 50.0 Å². The smallest absolute Gasteiger partial charge is 0.228 e. The van der Waals surface area contributed by atoms with E-state index in [0.29, 0.717) is 0 Å². The fourth-order valence-corrected chi connectivity index (χ4v) is 2.79. The van der Waals surface area contributed by atoms with Crippen LogP contribution >= 0.6 is 0 Å². The molecule has 7 N–H and O–H groups in total. The number of carbonyl (C=O) groups is 1. The largest absolute Gasteiger partial charge is 0.508 e. The van der Waals surface area contributed by atoms with Crippen LogP contribution in [0.2, 0.25) is 0 Å². The van der Waals surface area contributed by atoms with Gasteiger partial charge in [-0.05, 0) is 12.1 Å². The summed E-state index contributed by atoms with van der Waals surface area (Å²) < 4.78 is 10.5. The molecule has 1 saturated heterocycles. The summed E-state index contributed by atoms with van der Waals surface area (Å²) in [5, 5.41) is 68.2. The number of aliphatic hydroxyl groups is 3. The van der Waals surface area contributed by atoms with Gasteiger partial charge in [0.05, 0.1) is 6.61 Å². The number of ether oxygens (including phenoxy) is 2. The lowest BCUT2D eigenvalue weighted by atomic mass is 10.00. The fourth-order valence-electron chi connectivity index (χ4n) is 2.79. The quantitative estimate of drug-likeness (QED) is 0.336. The van der Waals surface area contributed by atoms with Gasteiger partial charge in [-0.1, -0.05) is 0 Å². The maximum Gasteiger partial charge on any atom is 0.228 e. The van der Waals surface area contributed by atoms with Crippen molar-refractivity contribution in [2.75, 3.05) is 6.61 Å². The zero-order valence-electron chi connectivity index (χ0n) is 14.3. The van der Waals surface area contributed by atoms with Crippen molar-refractivity contribution in [3.05, 3.63) is 41.5 Å². The van der Waals surface area contributed by atoms with Crippen LogP contribution in [0, 0.1) is 0 Å². The molecule has 0 saturated carbocycles. The first kappa shape index (κ1) is 19.7. The molecule has 1 aliphatic heterocycles. The number of phenols is 4. The summed E-state index contributed by atoms with van der Waals surface area (Å²) in [5.74, 6) is -3.19. The van der Waals surface area contributed by atoms with Crippen LogP contribution < -0.4 is 4.74 Å². The number of carbonyl (C=O) groups excluding carboxylic acids is 1. The minimum Gasteiger partial charge on any atom is -0.508 e. The Hall–Kier alpha value is -3.05. The first-order chi connectivity index (χ1) is 13.2. The predicted octanol–water partition coefficient (Wildman–Crippen LogP) is -0.442. The molecule has 0 spiro atoms. The van der Waals surface area contributed by atoms with Gasteiger partial charge < -0.3 is 45.2 Å². The van der Waals surface area contributed by atoms with Crippen molar-refractivity contribution in [3.63, 3.8) is 0 Å². The minimum absolute atomic E-state index is 0.191. The van der Waals surface area contributed by atoms with Crippen LogP contribution in [0.15, 0.2) is 30.3 Å². The lowest BCUT2D eigenvalue weighted by Gasteiger charge is -2.35. The van der Waals surface area contributed by atoms with Gasteiger partial charge in [0.1, 0.15) is 52.6 Å². The van der Waals surface area contributed by atoms with Gasteiger partial charge in [-0.15, -0.1) is 0 Å². The molecule has 4 unspecified atom stereocenters. The molecule has 28 heavy (non-hydrogen) atoms. The second-order valence-corrected chi connectivity index (χ2v) is 6.27. The molecule has 10 heteroatoms. The van der Waals surface area contributed by atoms with Gasteiger partial charge in [0.2, 0.25) is 12.1 Å². The third-order valence-electron chi connectivity index (χ3n) is 4.16. The summed E-state index contributed by atoms with van der Waals surface area (Å²) in [6, 6.07) is 4.95. The molecule has 1 fully saturated rings. The van der Waals surface area contributed by atoms with Crippen molar-refractivity contribution in [1.82, 2.24) is 0 Å². The molecule has 0 aliphatic carbocycles. The van der Waals surface area contributed by atoms with Crippen molar-refractivity contribution in [2.45, 2.75) is 24.6 Å². The number of benzene rings is 2. The molecule has 2 aromatic rings. The lowest BCUT2D eigenvalue weighted by Crippen LogP contribution is -2.54. The van der Waals surface area contributed by atoms with Gasteiger partial charge in [0, 0.05) is 23.8 Å². The SMILES string of the molecule is O=C(c1cc(O)cc(O)c1)c1c(O)cc(O)cc1OC1OCC(O)C(O)C1O. The fraction of sp³-hybridized carbons (Fsp3) is 0.278. The zero-order chi connectivity index (χ0) is 20.6. The Balaban J connectivity index is 1.99. The van der Waals surface area contributed by atoms with Gasteiger partial charge in [-0.25, -0.2) is 0 Å². The first-order valence-corrected chi connectivity index (χ1v) is 8.13. The number of aliphatic hydroxyl groups excluding tert-OH is 3. The normalized spacial score (nSPS) is 24.7. The van der Waals surface area contributed by atoms with E-state index in [2.05, 4.69) is 0 Å². The van der Waals surface area contributed by atoms with Crippen molar-refractivity contribution in [3.8, 4) is 28.7 Å². The van der Waals surface area contributed by atoms with Gasteiger partial charge in [0.15, 0.2) is 0 Å². The number of aromatic hydroxyl groups is 4. The molecule has 1 heterocycles. The van der Waals surface area contributed by atoms with Crippen LogP contribution in [0.4, 0.5) is 0 Å². The van der Waals surface area contributed by atoms with Crippen molar-refractivity contribution in [2.24, 2.45) is 0 Å². The topological polar surface area (TPSA) is 177 Å². The minimum atomic E-state index is -1.68. The first-order valence-electron chi connectivity index (χ1n) is 8.13. The number of hydrogen-bond acceptors (Lipinski definition) is 10. The maximum absolute atomic E-state index is 12.8. The summed E-state index contributed by atoms with van der Waals surface area (Å²) in [6.45, 7) is -0.364. The Bertz CT molecular complexity index is 876. The van der Waals surface area contributed by atoms with E-state index in [1.165, 1.54) is 0 Å². The van der Waals surface area contributed by atoms with Crippen LogP contribution in [0.3, 0.4) is 0 Å². The molecule has 1 aliphatic rings. The highest BCUT2D eigenvalue weighted by atomic mass is 16.7. The van der Waals surface area contributed by atoms with E-state index in [1.807, 2.05) is 0 Å². The van der Waals surface area contributed by atoms with Gasteiger partial charge in [-0.2, -0.15) is 0 Å². The third kappa shape index (κ3) is 3.80.